The van der Waals surface area contributed by atoms with Crippen molar-refractivity contribution >= 4 is 5.78 Å². The zero-order valence-corrected chi connectivity index (χ0v) is 13.7. The molecule has 1 aliphatic rings. The summed E-state index contributed by atoms with van der Waals surface area (Å²) in [6.07, 6.45) is 2.84. The predicted octanol–water partition coefficient (Wildman–Crippen LogP) is 3.70. The summed E-state index contributed by atoms with van der Waals surface area (Å²) in [7, 11) is 0. The zero-order valence-electron chi connectivity index (χ0n) is 13.7. The maximum absolute atomic E-state index is 13.2. The van der Waals surface area contributed by atoms with Gasteiger partial charge in [-0.15, -0.1) is 0 Å². The smallest absolute Gasteiger partial charge is 0.186 e. The molecule has 0 saturated carbocycles. The van der Waals surface area contributed by atoms with Crippen molar-refractivity contribution in [2.45, 2.75) is 52.5 Å². The van der Waals surface area contributed by atoms with E-state index in [2.05, 4.69) is 38.7 Å². The molecule has 1 aromatic rings. The van der Waals surface area contributed by atoms with Crippen LogP contribution in [-0.4, -0.2) is 35.9 Å². The normalized spacial score (nSPS) is 17.0. The van der Waals surface area contributed by atoms with Gasteiger partial charge in [-0.2, -0.15) is 0 Å². The quantitative estimate of drug-likeness (QED) is 0.748. The van der Waals surface area contributed by atoms with Crippen LogP contribution in [0.25, 0.3) is 0 Å². The van der Waals surface area contributed by atoms with Crippen molar-refractivity contribution in [3.05, 3.63) is 29.3 Å². The molecule has 3 nitrogen and oxygen atoms in total. The van der Waals surface area contributed by atoms with E-state index in [-0.39, 0.29) is 5.78 Å². The van der Waals surface area contributed by atoms with Crippen LogP contribution >= 0.6 is 0 Å². The summed E-state index contributed by atoms with van der Waals surface area (Å²) >= 11 is 0. The lowest BCUT2D eigenvalue weighted by Gasteiger charge is -2.39. The van der Waals surface area contributed by atoms with Crippen LogP contribution in [0.5, 0.6) is 5.75 Å². The minimum Gasteiger partial charge on any atom is -0.493 e. The summed E-state index contributed by atoms with van der Waals surface area (Å²) in [6.45, 7) is 10.8. The molecule has 21 heavy (non-hydrogen) atoms. The minimum atomic E-state index is -0.459. The van der Waals surface area contributed by atoms with Gasteiger partial charge in [0.05, 0.1) is 17.7 Å². The summed E-state index contributed by atoms with van der Waals surface area (Å²) in [5.41, 5.74) is 1.47. The number of likely N-dealkylation sites (N-methyl/N-ethyl adjacent to an activating group) is 1. The van der Waals surface area contributed by atoms with E-state index in [1.165, 1.54) is 5.56 Å². The summed E-state index contributed by atoms with van der Waals surface area (Å²) in [5, 5.41) is 0. The van der Waals surface area contributed by atoms with Crippen LogP contribution in [0.15, 0.2) is 18.2 Å². The van der Waals surface area contributed by atoms with E-state index in [9.17, 15) is 4.79 Å². The molecular weight excluding hydrogens is 262 g/mol. The Kier molecular flexibility index (Phi) is 5.04. The first-order valence-electron chi connectivity index (χ1n) is 8.13. The summed E-state index contributed by atoms with van der Waals surface area (Å²) in [6, 6.07) is 5.98. The monoisotopic (exact) mass is 289 g/mol. The van der Waals surface area contributed by atoms with Gasteiger partial charge in [0.25, 0.3) is 0 Å². The Labute approximate surface area is 128 Å². The van der Waals surface area contributed by atoms with Gasteiger partial charge in [0.2, 0.25) is 0 Å². The Morgan fingerprint density at radius 3 is 2.62 bits per heavy atom. The number of hydrogen-bond donors (Lipinski definition) is 0. The van der Waals surface area contributed by atoms with E-state index in [4.69, 9.17) is 4.74 Å². The third kappa shape index (κ3) is 2.84. The van der Waals surface area contributed by atoms with Crippen molar-refractivity contribution in [2.24, 2.45) is 0 Å². The van der Waals surface area contributed by atoms with Gasteiger partial charge in [-0.25, -0.2) is 0 Å². The van der Waals surface area contributed by atoms with Crippen molar-refractivity contribution in [3.63, 3.8) is 0 Å². The van der Waals surface area contributed by atoms with E-state index in [0.29, 0.717) is 6.61 Å². The zero-order chi connectivity index (χ0) is 15.5. The number of ketones is 1. The fraction of sp³-hybridized carbons (Fsp3) is 0.611. The average molecular weight is 289 g/mol. The molecule has 0 spiro atoms. The third-order valence-electron chi connectivity index (χ3n) is 4.82. The molecule has 0 aromatic heterocycles. The van der Waals surface area contributed by atoms with E-state index in [0.717, 1.165) is 43.7 Å². The highest BCUT2D eigenvalue weighted by Crippen LogP contribution is 2.34. The van der Waals surface area contributed by atoms with Gasteiger partial charge in [-0.3, -0.25) is 9.69 Å². The van der Waals surface area contributed by atoms with E-state index < -0.39 is 5.54 Å². The minimum absolute atomic E-state index is 0.187. The van der Waals surface area contributed by atoms with Crippen LogP contribution < -0.4 is 4.74 Å². The van der Waals surface area contributed by atoms with Gasteiger partial charge in [0.15, 0.2) is 5.78 Å². The Hall–Kier alpha value is -1.35. The molecule has 1 heterocycles. The molecule has 0 N–H and O–H groups in total. The molecule has 0 radical (unpaired) electrons. The molecule has 1 unspecified atom stereocenters. The fourth-order valence-electron chi connectivity index (χ4n) is 3.31. The van der Waals surface area contributed by atoms with Gasteiger partial charge in [-0.05, 0) is 50.9 Å². The van der Waals surface area contributed by atoms with Gasteiger partial charge in [0.1, 0.15) is 5.75 Å². The molecule has 0 amide bonds. The maximum Gasteiger partial charge on any atom is 0.186 e. The van der Waals surface area contributed by atoms with Crippen LogP contribution in [0, 0.1) is 0 Å². The number of rotatable bonds is 6. The molecular formula is C18H27NO2. The number of nitrogens with zero attached hydrogens (tertiary/aromatic N) is 1. The second-order valence-electron chi connectivity index (χ2n) is 5.87. The highest BCUT2D eigenvalue weighted by Gasteiger charge is 2.38. The summed E-state index contributed by atoms with van der Waals surface area (Å²) in [4.78, 5) is 15.5. The number of Topliss-reactive ketones (excluding diaryl/α,β-unsaturated/α-hetero) is 1. The number of carbonyl (C=O) groups is 1. The number of fused-ring (bicyclic) bond motifs is 1. The maximum atomic E-state index is 13.2. The average Bonchev–Trinajstić information content (AvgIpc) is 2.54. The summed E-state index contributed by atoms with van der Waals surface area (Å²) < 4.78 is 5.82. The molecule has 1 aliphatic heterocycles. The second-order valence-corrected chi connectivity index (χ2v) is 5.87. The largest absolute Gasteiger partial charge is 0.493 e. The van der Waals surface area contributed by atoms with Crippen molar-refractivity contribution in [1.82, 2.24) is 4.90 Å². The molecule has 2 rings (SSSR count). The number of aryl methyl sites for hydroxylation is 1. The lowest BCUT2D eigenvalue weighted by atomic mass is 9.85. The van der Waals surface area contributed by atoms with Crippen molar-refractivity contribution in [2.75, 3.05) is 19.7 Å². The molecule has 0 aliphatic carbocycles. The van der Waals surface area contributed by atoms with Crippen molar-refractivity contribution in [1.29, 1.82) is 0 Å². The molecule has 0 fully saturated rings. The SMILES string of the molecule is CCN(CC)C(C)(CC)C(=O)c1cccc2c1OCCC2. The number of para-hydroxylation sites is 1. The Balaban J connectivity index is 2.43. The Bertz CT molecular complexity index is 508. The van der Waals surface area contributed by atoms with Crippen molar-refractivity contribution in [3.8, 4) is 5.75 Å². The molecule has 0 saturated heterocycles. The first kappa shape index (κ1) is 16.0. The molecule has 1 aromatic carbocycles. The van der Waals surface area contributed by atoms with E-state index in [1.807, 2.05) is 12.1 Å². The van der Waals surface area contributed by atoms with Crippen LogP contribution in [-0.2, 0) is 6.42 Å². The fourth-order valence-corrected chi connectivity index (χ4v) is 3.31. The molecule has 116 valence electrons. The molecule has 0 bridgehead atoms. The van der Waals surface area contributed by atoms with E-state index >= 15 is 0 Å². The van der Waals surface area contributed by atoms with Crippen molar-refractivity contribution < 1.29 is 9.53 Å². The number of ether oxygens (including phenoxy) is 1. The van der Waals surface area contributed by atoms with Gasteiger partial charge >= 0.3 is 0 Å². The van der Waals surface area contributed by atoms with Crippen LogP contribution in [0.1, 0.15) is 56.5 Å². The number of hydrogen-bond acceptors (Lipinski definition) is 3. The van der Waals surface area contributed by atoms with Gasteiger partial charge in [-0.1, -0.05) is 32.9 Å². The standard InChI is InChI=1S/C18H27NO2/c1-5-18(4,19(6-2)7-3)17(20)15-12-8-10-14-11-9-13-21-16(14)15/h8,10,12H,5-7,9,11,13H2,1-4H3. The van der Waals surface area contributed by atoms with Crippen LogP contribution in [0.2, 0.25) is 0 Å². The highest BCUT2D eigenvalue weighted by atomic mass is 16.5. The Morgan fingerprint density at radius 2 is 2.00 bits per heavy atom. The third-order valence-corrected chi connectivity index (χ3v) is 4.82. The van der Waals surface area contributed by atoms with Crippen LogP contribution in [0.4, 0.5) is 0 Å². The van der Waals surface area contributed by atoms with Gasteiger partial charge in [0, 0.05) is 0 Å². The van der Waals surface area contributed by atoms with Gasteiger partial charge < -0.3 is 4.74 Å². The molecule has 1 atom stereocenters. The van der Waals surface area contributed by atoms with E-state index in [1.54, 1.807) is 0 Å². The highest BCUT2D eigenvalue weighted by molar-refractivity contribution is 6.05. The topological polar surface area (TPSA) is 29.5 Å². The predicted molar refractivity (Wildman–Crippen MR) is 86.2 cm³/mol. The number of benzene rings is 1. The lowest BCUT2D eigenvalue weighted by molar-refractivity contribution is 0.0603. The second kappa shape index (κ2) is 6.61. The van der Waals surface area contributed by atoms with Crippen LogP contribution in [0.3, 0.4) is 0 Å². The Morgan fingerprint density at radius 1 is 1.29 bits per heavy atom. The summed E-state index contributed by atoms with van der Waals surface area (Å²) in [5.74, 6) is 1.01. The lowest BCUT2D eigenvalue weighted by Crippen LogP contribution is -2.52. The number of carbonyl (C=O) groups excluding carboxylic acids is 1. The molecule has 3 heteroatoms. The first-order valence-corrected chi connectivity index (χ1v) is 8.13. The first-order chi connectivity index (χ1) is 10.1.